The van der Waals surface area contributed by atoms with E-state index in [-0.39, 0.29) is 17.5 Å². The molecule has 9 nitrogen and oxygen atoms in total. The number of aliphatic hydroxyl groups excluding tert-OH is 2. The first kappa shape index (κ1) is 19.6. The quantitative estimate of drug-likeness (QED) is 0.332. The van der Waals surface area contributed by atoms with Crippen molar-refractivity contribution < 1.29 is 39.9 Å². The lowest BCUT2D eigenvalue weighted by molar-refractivity contribution is -0.197. The fourth-order valence-electron chi connectivity index (χ4n) is 5.36. The third-order valence-electron chi connectivity index (χ3n) is 6.64. The lowest BCUT2D eigenvalue weighted by Crippen LogP contribution is -2.71. The molecule has 1 aromatic rings. The normalized spacial score (nSPS) is 38.9. The van der Waals surface area contributed by atoms with Gasteiger partial charge in [-0.3, -0.25) is 14.4 Å². The molecule has 1 amide bonds. The van der Waals surface area contributed by atoms with Crippen molar-refractivity contribution in [3.8, 4) is 5.75 Å². The number of primary amides is 1. The lowest BCUT2D eigenvalue weighted by Gasteiger charge is -2.56. The van der Waals surface area contributed by atoms with Crippen molar-refractivity contribution in [1.82, 2.24) is 0 Å². The first-order valence-electron chi connectivity index (χ1n) is 9.19. The molecule has 0 aliphatic heterocycles. The Morgan fingerprint density at radius 3 is 2.48 bits per heavy atom. The van der Waals surface area contributed by atoms with E-state index in [0.717, 1.165) is 0 Å². The van der Waals surface area contributed by atoms with Gasteiger partial charge in [0.05, 0.1) is 23.2 Å². The van der Waals surface area contributed by atoms with Crippen molar-refractivity contribution in [2.75, 3.05) is 0 Å². The molecule has 0 aromatic heterocycles. The Hall–Kier alpha value is -2.75. The summed E-state index contributed by atoms with van der Waals surface area (Å²) in [4.78, 5) is 38.3. The van der Waals surface area contributed by atoms with E-state index in [1.807, 2.05) is 0 Å². The van der Waals surface area contributed by atoms with E-state index in [4.69, 9.17) is 5.73 Å². The Morgan fingerprint density at radius 2 is 1.86 bits per heavy atom. The van der Waals surface area contributed by atoms with Crippen LogP contribution in [0.25, 0.3) is 5.76 Å². The van der Waals surface area contributed by atoms with Gasteiger partial charge in [0.15, 0.2) is 11.4 Å². The van der Waals surface area contributed by atoms with Gasteiger partial charge in [-0.25, -0.2) is 0 Å². The van der Waals surface area contributed by atoms with E-state index in [0.29, 0.717) is 0 Å². The number of benzene rings is 1. The maximum Gasteiger partial charge on any atom is 0.225 e. The average Bonchev–Trinajstić information content (AvgIpc) is 2.62. The molecule has 2 saturated carbocycles. The van der Waals surface area contributed by atoms with Crippen molar-refractivity contribution in [2.24, 2.45) is 17.6 Å². The Bertz CT molecular complexity index is 996. The minimum atomic E-state index is -2.67. The number of phenolic OH excluding ortho intramolecular Hbond substituents is 1. The average molecular weight is 403 g/mol. The molecule has 3 aliphatic carbocycles. The Kier molecular flexibility index (Phi) is 3.97. The highest BCUT2D eigenvalue weighted by atomic mass is 16.3. The molecule has 4 rings (SSSR count). The number of aromatic hydroxyl groups is 1. The highest BCUT2D eigenvalue weighted by Crippen LogP contribution is 2.58. The van der Waals surface area contributed by atoms with Gasteiger partial charge in [-0.2, -0.15) is 0 Å². The third-order valence-corrected chi connectivity index (χ3v) is 6.64. The van der Waals surface area contributed by atoms with Crippen LogP contribution in [0.1, 0.15) is 36.8 Å². The van der Waals surface area contributed by atoms with Gasteiger partial charge in [-0.15, -0.1) is 0 Å². The molecule has 0 bridgehead atoms. The predicted molar refractivity (Wildman–Crippen MR) is 97.4 cm³/mol. The number of fused-ring (bicyclic) bond motifs is 3. The molecule has 1 aromatic carbocycles. The van der Waals surface area contributed by atoms with Gasteiger partial charge in [-0.1, -0.05) is 12.1 Å². The first-order chi connectivity index (χ1) is 13.4. The highest BCUT2D eigenvalue weighted by Gasteiger charge is 2.69. The number of amides is 1. The molecule has 3 aliphatic rings. The van der Waals surface area contributed by atoms with Crippen molar-refractivity contribution in [1.29, 1.82) is 0 Å². The maximum atomic E-state index is 13.3. The fourth-order valence-corrected chi connectivity index (χ4v) is 5.36. The van der Waals surface area contributed by atoms with E-state index >= 15 is 0 Å². The summed E-state index contributed by atoms with van der Waals surface area (Å²) in [5.74, 6) is -8.33. The maximum absolute atomic E-state index is 13.3. The highest BCUT2D eigenvalue weighted by molar-refractivity contribution is 6.22. The molecule has 7 N–H and O–H groups in total. The minimum Gasteiger partial charge on any atom is -0.507 e. The molecule has 0 radical (unpaired) electrons. The van der Waals surface area contributed by atoms with Crippen molar-refractivity contribution in [2.45, 2.75) is 43.0 Å². The lowest BCUT2D eigenvalue weighted by atomic mass is 9.50. The van der Waals surface area contributed by atoms with Crippen LogP contribution in [0, 0.1) is 11.8 Å². The standard InChI is InChI=1S/C20H21NO8/c1-19(28)10-5-7(22)6-11(24)20(10,29)17(26)14-15(19)13(18(21)27)8-3-2-4-9(23)12(8)16(14)25/h2-4,7,10,13,15,22-23,25,28-29H,5-6H2,1H3,(H2,21,27). The summed E-state index contributed by atoms with van der Waals surface area (Å²) in [7, 11) is 0. The van der Waals surface area contributed by atoms with Crippen LogP contribution in [-0.2, 0) is 14.4 Å². The summed E-state index contributed by atoms with van der Waals surface area (Å²) in [5, 5.41) is 53.6. The second-order valence-corrected chi connectivity index (χ2v) is 8.25. The van der Waals surface area contributed by atoms with Gasteiger partial charge in [0.1, 0.15) is 11.5 Å². The number of nitrogens with two attached hydrogens (primary N) is 1. The number of carbonyl (C=O) groups excluding carboxylic acids is 3. The van der Waals surface area contributed by atoms with E-state index in [9.17, 15) is 39.9 Å². The largest absolute Gasteiger partial charge is 0.507 e. The molecule has 0 spiro atoms. The zero-order valence-corrected chi connectivity index (χ0v) is 15.5. The Morgan fingerprint density at radius 1 is 1.21 bits per heavy atom. The van der Waals surface area contributed by atoms with E-state index < -0.39 is 76.0 Å². The zero-order valence-electron chi connectivity index (χ0n) is 15.5. The number of aliphatic hydroxyl groups is 4. The van der Waals surface area contributed by atoms with Crippen LogP contribution < -0.4 is 5.73 Å². The number of rotatable bonds is 1. The number of phenols is 1. The van der Waals surface area contributed by atoms with Gasteiger partial charge >= 0.3 is 0 Å². The Labute approximate surface area is 165 Å². The molecule has 6 atom stereocenters. The number of hydrogen-bond acceptors (Lipinski definition) is 8. The van der Waals surface area contributed by atoms with Crippen LogP contribution in [0.15, 0.2) is 23.8 Å². The SMILES string of the molecule is CC1(O)C2C(=C(O)c3c(O)cccc3C2C(N)=O)C(=O)C2(O)C(=O)CC(O)CC21. The van der Waals surface area contributed by atoms with Crippen molar-refractivity contribution in [3.05, 3.63) is 34.9 Å². The summed E-state index contributed by atoms with van der Waals surface area (Å²) in [5.41, 5.74) is 0.216. The summed E-state index contributed by atoms with van der Waals surface area (Å²) in [6, 6.07) is 4.09. The number of hydrogen-bond donors (Lipinski definition) is 6. The molecule has 154 valence electrons. The van der Waals surface area contributed by atoms with E-state index in [1.165, 1.54) is 25.1 Å². The van der Waals surface area contributed by atoms with Crippen molar-refractivity contribution >= 4 is 23.2 Å². The van der Waals surface area contributed by atoms with Crippen LogP contribution in [0.3, 0.4) is 0 Å². The van der Waals surface area contributed by atoms with E-state index in [1.54, 1.807) is 0 Å². The van der Waals surface area contributed by atoms with Crippen LogP contribution >= 0.6 is 0 Å². The molecule has 0 heterocycles. The van der Waals surface area contributed by atoms with Crippen molar-refractivity contribution in [3.63, 3.8) is 0 Å². The monoisotopic (exact) mass is 403 g/mol. The smallest absolute Gasteiger partial charge is 0.225 e. The first-order valence-corrected chi connectivity index (χ1v) is 9.19. The van der Waals surface area contributed by atoms with Crippen LogP contribution in [0.4, 0.5) is 0 Å². The molecule has 9 heteroatoms. The van der Waals surface area contributed by atoms with Gasteiger partial charge < -0.3 is 31.3 Å². The molecule has 29 heavy (non-hydrogen) atoms. The molecular formula is C20H21NO8. The molecule has 2 fully saturated rings. The van der Waals surface area contributed by atoms with Gasteiger partial charge in [0.2, 0.25) is 11.7 Å². The topological polar surface area (TPSA) is 178 Å². The van der Waals surface area contributed by atoms with Gasteiger partial charge in [0.25, 0.3) is 0 Å². The summed E-state index contributed by atoms with van der Waals surface area (Å²) < 4.78 is 0. The summed E-state index contributed by atoms with van der Waals surface area (Å²) in [6.45, 7) is 1.24. The van der Waals surface area contributed by atoms with E-state index in [2.05, 4.69) is 0 Å². The summed E-state index contributed by atoms with van der Waals surface area (Å²) >= 11 is 0. The molecule has 0 saturated heterocycles. The number of Topliss-reactive ketones (excluding diaryl/α,β-unsaturated/α-hetero) is 2. The molecular weight excluding hydrogens is 382 g/mol. The van der Waals surface area contributed by atoms with Crippen LogP contribution in [0.5, 0.6) is 5.75 Å². The Balaban J connectivity index is 2.07. The minimum absolute atomic E-state index is 0.116. The second-order valence-electron chi connectivity index (χ2n) is 8.25. The molecule has 6 unspecified atom stereocenters. The predicted octanol–water partition coefficient (Wildman–Crippen LogP) is -0.735. The fraction of sp³-hybridized carbons (Fsp3) is 0.450. The number of ketones is 2. The van der Waals surface area contributed by atoms with Gasteiger partial charge in [0, 0.05) is 23.8 Å². The number of carbonyl (C=O) groups is 3. The van der Waals surface area contributed by atoms with Gasteiger partial charge in [-0.05, 0) is 25.0 Å². The zero-order chi connectivity index (χ0) is 21.5. The van der Waals surface area contributed by atoms with Crippen LogP contribution in [0.2, 0.25) is 0 Å². The second kappa shape index (κ2) is 5.88. The van der Waals surface area contributed by atoms with Crippen LogP contribution in [-0.4, -0.2) is 60.3 Å². The summed E-state index contributed by atoms with van der Waals surface area (Å²) in [6.07, 6.45) is -1.93. The third kappa shape index (κ3) is 2.29.